The third-order valence-electron chi connectivity index (χ3n) is 2.83. The summed E-state index contributed by atoms with van der Waals surface area (Å²) in [5.74, 6) is -1.67. The number of benzene rings is 1. The molecular weight excluding hydrogens is 227 g/mol. The second kappa shape index (κ2) is 4.71. The molecule has 0 saturated carbocycles. The van der Waals surface area contributed by atoms with Gasteiger partial charge >= 0.3 is 5.97 Å². The first-order chi connectivity index (χ1) is 8.14. The highest BCUT2D eigenvalue weighted by atomic mass is 19.1. The van der Waals surface area contributed by atoms with Crippen LogP contribution < -0.4 is 4.74 Å². The molecule has 0 radical (unpaired) electrons. The zero-order valence-electron chi connectivity index (χ0n) is 9.19. The van der Waals surface area contributed by atoms with E-state index in [2.05, 4.69) is 0 Å². The summed E-state index contributed by atoms with van der Waals surface area (Å²) in [5.41, 5.74) is -1.37. The van der Waals surface area contributed by atoms with E-state index in [0.29, 0.717) is 13.2 Å². The van der Waals surface area contributed by atoms with E-state index in [1.807, 2.05) is 0 Å². The van der Waals surface area contributed by atoms with Gasteiger partial charge in [-0.1, -0.05) is 12.1 Å². The molecule has 0 aromatic heterocycles. The molecule has 4 nitrogen and oxygen atoms in total. The van der Waals surface area contributed by atoms with Gasteiger partial charge < -0.3 is 14.6 Å². The third kappa shape index (κ3) is 2.39. The van der Waals surface area contributed by atoms with Crippen molar-refractivity contribution in [2.75, 3.05) is 13.2 Å². The number of rotatable bonds is 3. The standard InChI is InChI=1S/C12H13FO4/c13-9-3-1-2-4-10(9)17-12(11(14)15)5-7-16-8-6-12/h1-4H,5-8H2,(H,14,15). The van der Waals surface area contributed by atoms with Crippen molar-refractivity contribution in [2.24, 2.45) is 0 Å². The van der Waals surface area contributed by atoms with Gasteiger partial charge in [-0.2, -0.15) is 0 Å². The monoisotopic (exact) mass is 240 g/mol. The summed E-state index contributed by atoms with van der Waals surface area (Å²) in [6.07, 6.45) is 0.438. The van der Waals surface area contributed by atoms with E-state index in [4.69, 9.17) is 9.47 Å². The van der Waals surface area contributed by atoms with E-state index in [1.165, 1.54) is 18.2 Å². The predicted octanol–water partition coefficient (Wildman–Crippen LogP) is 1.84. The zero-order valence-corrected chi connectivity index (χ0v) is 9.19. The van der Waals surface area contributed by atoms with Crippen LogP contribution in [0.15, 0.2) is 24.3 Å². The van der Waals surface area contributed by atoms with Crippen LogP contribution in [0.5, 0.6) is 5.75 Å². The van der Waals surface area contributed by atoms with E-state index in [1.54, 1.807) is 6.07 Å². The lowest BCUT2D eigenvalue weighted by molar-refractivity contribution is -0.163. The van der Waals surface area contributed by atoms with Crippen LogP contribution in [0, 0.1) is 5.82 Å². The van der Waals surface area contributed by atoms with Crippen molar-refractivity contribution in [1.29, 1.82) is 0 Å². The summed E-state index contributed by atoms with van der Waals surface area (Å²) < 4.78 is 23.9. The number of carboxylic acids is 1. The summed E-state index contributed by atoms with van der Waals surface area (Å²) >= 11 is 0. The molecule has 1 aromatic carbocycles. The molecule has 0 spiro atoms. The Hall–Kier alpha value is -1.62. The molecule has 1 heterocycles. The van der Waals surface area contributed by atoms with Crippen LogP contribution in [-0.2, 0) is 9.53 Å². The average molecular weight is 240 g/mol. The maximum atomic E-state index is 13.4. The number of ether oxygens (including phenoxy) is 2. The molecule has 92 valence electrons. The molecule has 5 heteroatoms. The number of hydrogen-bond acceptors (Lipinski definition) is 3. The topological polar surface area (TPSA) is 55.8 Å². The molecule has 17 heavy (non-hydrogen) atoms. The van der Waals surface area contributed by atoms with Crippen LogP contribution in [0.1, 0.15) is 12.8 Å². The lowest BCUT2D eigenvalue weighted by Crippen LogP contribution is -2.49. The smallest absolute Gasteiger partial charge is 0.348 e. The molecule has 1 aromatic rings. The molecule has 1 aliphatic heterocycles. The molecular formula is C12H13FO4. The lowest BCUT2D eigenvalue weighted by atomic mass is 9.94. The number of carboxylic acid groups (broad SMARTS) is 1. The predicted molar refractivity (Wildman–Crippen MR) is 57.4 cm³/mol. The van der Waals surface area contributed by atoms with Gasteiger partial charge in [-0.15, -0.1) is 0 Å². The largest absolute Gasteiger partial charge is 0.478 e. The minimum absolute atomic E-state index is 0.0307. The second-order valence-electron chi connectivity index (χ2n) is 3.94. The summed E-state index contributed by atoms with van der Waals surface area (Å²) in [6.45, 7) is 0.613. The van der Waals surface area contributed by atoms with Gasteiger partial charge in [0.1, 0.15) is 0 Å². The van der Waals surface area contributed by atoms with Crippen molar-refractivity contribution in [2.45, 2.75) is 18.4 Å². The van der Waals surface area contributed by atoms with Crippen LogP contribution in [0.3, 0.4) is 0 Å². The van der Waals surface area contributed by atoms with Crippen molar-refractivity contribution in [3.05, 3.63) is 30.1 Å². The van der Waals surface area contributed by atoms with Gasteiger partial charge in [0, 0.05) is 12.8 Å². The minimum Gasteiger partial charge on any atom is -0.478 e. The molecule has 0 bridgehead atoms. The maximum absolute atomic E-state index is 13.4. The van der Waals surface area contributed by atoms with Crippen LogP contribution in [0.4, 0.5) is 4.39 Å². The molecule has 0 unspecified atom stereocenters. The molecule has 1 aliphatic rings. The molecule has 0 atom stereocenters. The zero-order chi connectivity index (χ0) is 12.3. The Morgan fingerprint density at radius 2 is 2.00 bits per heavy atom. The average Bonchev–Trinajstić information content (AvgIpc) is 2.33. The summed E-state index contributed by atoms with van der Waals surface area (Å²) in [4.78, 5) is 11.3. The van der Waals surface area contributed by atoms with Crippen molar-refractivity contribution in [3.63, 3.8) is 0 Å². The Balaban J connectivity index is 2.24. The van der Waals surface area contributed by atoms with Gasteiger partial charge in [-0.05, 0) is 12.1 Å². The van der Waals surface area contributed by atoms with Gasteiger partial charge in [0.2, 0.25) is 5.60 Å². The fourth-order valence-corrected chi connectivity index (χ4v) is 1.80. The van der Waals surface area contributed by atoms with Gasteiger partial charge in [-0.3, -0.25) is 0 Å². The Kier molecular flexibility index (Phi) is 3.28. The second-order valence-corrected chi connectivity index (χ2v) is 3.94. The fraction of sp³-hybridized carbons (Fsp3) is 0.417. The molecule has 1 N–H and O–H groups in total. The Morgan fingerprint density at radius 3 is 2.59 bits per heavy atom. The van der Waals surface area contributed by atoms with Gasteiger partial charge in [0.05, 0.1) is 13.2 Å². The van der Waals surface area contributed by atoms with Crippen LogP contribution in [0.2, 0.25) is 0 Å². The first-order valence-electron chi connectivity index (χ1n) is 5.39. The fourth-order valence-electron chi connectivity index (χ4n) is 1.80. The maximum Gasteiger partial charge on any atom is 0.348 e. The number of aliphatic carboxylic acids is 1. The molecule has 0 aliphatic carbocycles. The Morgan fingerprint density at radius 1 is 1.35 bits per heavy atom. The first kappa shape index (κ1) is 11.9. The molecule has 2 rings (SSSR count). The van der Waals surface area contributed by atoms with E-state index >= 15 is 0 Å². The van der Waals surface area contributed by atoms with Crippen LogP contribution in [-0.4, -0.2) is 29.9 Å². The normalized spacial score (nSPS) is 18.6. The van der Waals surface area contributed by atoms with E-state index < -0.39 is 17.4 Å². The number of para-hydroxylation sites is 1. The van der Waals surface area contributed by atoms with E-state index in [-0.39, 0.29) is 18.6 Å². The number of hydrogen-bond donors (Lipinski definition) is 1. The van der Waals surface area contributed by atoms with Crippen LogP contribution in [0.25, 0.3) is 0 Å². The SMILES string of the molecule is O=C(O)C1(Oc2ccccc2F)CCOCC1. The van der Waals surface area contributed by atoms with E-state index in [9.17, 15) is 14.3 Å². The number of carbonyl (C=O) groups is 1. The highest BCUT2D eigenvalue weighted by Crippen LogP contribution is 2.29. The van der Waals surface area contributed by atoms with Gasteiger partial charge in [-0.25, -0.2) is 9.18 Å². The highest BCUT2D eigenvalue weighted by molar-refractivity contribution is 5.78. The van der Waals surface area contributed by atoms with E-state index in [0.717, 1.165) is 0 Å². The minimum atomic E-state index is -1.37. The molecule has 0 amide bonds. The summed E-state index contributed by atoms with van der Waals surface area (Å²) in [5, 5.41) is 9.24. The van der Waals surface area contributed by atoms with Crippen molar-refractivity contribution in [3.8, 4) is 5.75 Å². The summed E-state index contributed by atoms with van der Waals surface area (Å²) in [6, 6.07) is 5.80. The van der Waals surface area contributed by atoms with Crippen molar-refractivity contribution >= 4 is 5.97 Å². The Labute approximate surface area is 98.0 Å². The first-order valence-corrected chi connectivity index (χ1v) is 5.39. The van der Waals surface area contributed by atoms with Gasteiger partial charge in [0.25, 0.3) is 0 Å². The highest BCUT2D eigenvalue weighted by Gasteiger charge is 2.43. The number of halogens is 1. The Bertz CT molecular complexity index is 413. The quantitative estimate of drug-likeness (QED) is 0.875. The van der Waals surface area contributed by atoms with Gasteiger partial charge in [0.15, 0.2) is 11.6 Å². The van der Waals surface area contributed by atoms with Crippen molar-refractivity contribution < 1.29 is 23.8 Å². The molecule has 1 saturated heterocycles. The van der Waals surface area contributed by atoms with Crippen molar-refractivity contribution in [1.82, 2.24) is 0 Å². The lowest BCUT2D eigenvalue weighted by Gasteiger charge is -2.33. The molecule has 1 fully saturated rings. The third-order valence-corrected chi connectivity index (χ3v) is 2.83. The summed E-state index contributed by atoms with van der Waals surface area (Å²) in [7, 11) is 0. The van der Waals surface area contributed by atoms with Crippen LogP contribution >= 0.6 is 0 Å².